The second kappa shape index (κ2) is 8.63. The smallest absolute Gasteiger partial charge is 0.335 e. The summed E-state index contributed by atoms with van der Waals surface area (Å²) in [5.41, 5.74) is 3.96. The molecule has 0 bridgehead atoms. The lowest BCUT2D eigenvalue weighted by molar-refractivity contribution is -0.136. The van der Waals surface area contributed by atoms with Crippen LogP contribution in [0.4, 0.5) is 0 Å². The molecule has 2 fully saturated rings. The third kappa shape index (κ3) is 4.14. The molecule has 1 aromatic carbocycles. The van der Waals surface area contributed by atoms with Gasteiger partial charge < -0.3 is 19.6 Å². The van der Waals surface area contributed by atoms with Crippen molar-refractivity contribution >= 4 is 5.97 Å². The van der Waals surface area contributed by atoms with E-state index in [0.29, 0.717) is 18.6 Å². The number of β-amino-alcohol motifs (C(OH)–C–C–N with tert-alkyl or cyclic N) is 1. The third-order valence-electron chi connectivity index (χ3n) is 7.50. The zero-order valence-electron chi connectivity index (χ0n) is 18.5. The van der Waals surface area contributed by atoms with E-state index < -0.39 is 6.10 Å². The Labute approximate surface area is 187 Å². The number of hydrogen-bond acceptors (Lipinski definition) is 8. The van der Waals surface area contributed by atoms with Crippen LogP contribution in [0.5, 0.6) is 0 Å². The first-order chi connectivity index (χ1) is 15.5. The van der Waals surface area contributed by atoms with Crippen LogP contribution in [0.25, 0.3) is 5.69 Å². The highest BCUT2D eigenvalue weighted by atomic mass is 16.5. The lowest BCUT2D eigenvalue weighted by atomic mass is 9.71. The second-order valence-corrected chi connectivity index (χ2v) is 9.30. The first-order valence-electron chi connectivity index (χ1n) is 11.4. The molecule has 1 N–H and O–H groups in total. The Morgan fingerprint density at radius 2 is 1.91 bits per heavy atom. The van der Waals surface area contributed by atoms with E-state index in [1.165, 1.54) is 0 Å². The molecule has 9 heteroatoms. The number of likely N-dealkylation sites (tertiary alicyclic amines) is 2. The van der Waals surface area contributed by atoms with Gasteiger partial charge in [-0.3, -0.25) is 0 Å². The SMILES string of the molecule is CC1=C(N2CCC3(CCN(C[C@@H](O)c4cccc(-n5cnnn5)c4)CC3)CC2)COC1=O. The lowest BCUT2D eigenvalue weighted by Gasteiger charge is -2.47. The van der Waals surface area contributed by atoms with Crippen molar-refractivity contribution in [1.29, 1.82) is 0 Å². The van der Waals surface area contributed by atoms with Gasteiger partial charge in [-0.1, -0.05) is 12.1 Å². The molecule has 2 aromatic rings. The van der Waals surface area contributed by atoms with Crippen LogP contribution in [0.2, 0.25) is 0 Å². The van der Waals surface area contributed by atoms with Gasteiger partial charge in [0.2, 0.25) is 0 Å². The molecule has 1 atom stereocenters. The molecular weight excluding hydrogens is 408 g/mol. The second-order valence-electron chi connectivity index (χ2n) is 9.30. The summed E-state index contributed by atoms with van der Waals surface area (Å²) in [4.78, 5) is 16.4. The van der Waals surface area contributed by atoms with Crippen molar-refractivity contribution in [3.8, 4) is 5.69 Å². The first-order valence-corrected chi connectivity index (χ1v) is 11.4. The van der Waals surface area contributed by atoms with Crippen molar-refractivity contribution in [3.05, 3.63) is 47.4 Å². The van der Waals surface area contributed by atoms with Crippen LogP contribution in [-0.2, 0) is 9.53 Å². The maximum Gasteiger partial charge on any atom is 0.335 e. The van der Waals surface area contributed by atoms with Crippen LogP contribution >= 0.6 is 0 Å². The highest BCUT2D eigenvalue weighted by Crippen LogP contribution is 2.42. The number of esters is 1. The minimum Gasteiger partial charge on any atom is -0.456 e. The lowest BCUT2D eigenvalue weighted by Crippen LogP contribution is -2.47. The number of carbonyl (C=O) groups is 1. The quantitative estimate of drug-likeness (QED) is 0.705. The van der Waals surface area contributed by atoms with Gasteiger partial charge in [-0.25, -0.2) is 9.48 Å². The van der Waals surface area contributed by atoms with E-state index in [4.69, 9.17) is 4.74 Å². The predicted molar refractivity (Wildman–Crippen MR) is 117 cm³/mol. The molecule has 2 saturated heterocycles. The fraction of sp³-hybridized carbons (Fsp3) is 0.565. The Morgan fingerprint density at radius 1 is 1.16 bits per heavy atom. The van der Waals surface area contributed by atoms with Crippen LogP contribution in [0, 0.1) is 5.41 Å². The molecule has 1 aromatic heterocycles. The topological polar surface area (TPSA) is 96.6 Å². The Morgan fingerprint density at radius 3 is 2.56 bits per heavy atom. The van der Waals surface area contributed by atoms with E-state index >= 15 is 0 Å². The standard InChI is InChI=1S/C23H30N6O3/c1-17-20(15-32-22(17)31)28-11-7-23(8-12-28)5-9-27(10-6-23)14-21(30)18-3-2-4-19(13-18)29-16-24-25-26-29/h2-4,13,16,21,30H,5-12,14-15H2,1H3/t21-/m1/s1. The molecule has 9 nitrogen and oxygen atoms in total. The van der Waals surface area contributed by atoms with Crippen LogP contribution in [0.15, 0.2) is 41.9 Å². The third-order valence-corrected chi connectivity index (χ3v) is 7.50. The monoisotopic (exact) mass is 438 g/mol. The number of nitrogens with zero attached hydrogens (tertiary/aromatic N) is 6. The van der Waals surface area contributed by atoms with Gasteiger partial charge in [-0.2, -0.15) is 0 Å². The number of aliphatic hydroxyl groups is 1. The molecule has 3 aliphatic rings. The van der Waals surface area contributed by atoms with Gasteiger partial charge in [-0.15, -0.1) is 5.10 Å². The molecule has 1 spiro atoms. The molecule has 0 amide bonds. The van der Waals surface area contributed by atoms with Crippen LogP contribution in [-0.4, -0.2) is 80.4 Å². The summed E-state index contributed by atoms with van der Waals surface area (Å²) in [6.07, 6.45) is 5.63. The van der Waals surface area contributed by atoms with E-state index in [1.807, 2.05) is 31.2 Å². The van der Waals surface area contributed by atoms with E-state index in [9.17, 15) is 9.90 Å². The van der Waals surface area contributed by atoms with E-state index in [2.05, 4.69) is 25.3 Å². The molecule has 0 unspecified atom stereocenters. The van der Waals surface area contributed by atoms with Crippen LogP contribution in [0.3, 0.4) is 0 Å². The van der Waals surface area contributed by atoms with Crippen LogP contribution in [0.1, 0.15) is 44.3 Å². The normalized spacial score (nSPS) is 22.4. The highest BCUT2D eigenvalue weighted by Gasteiger charge is 2.39. The number of aromatic nitrogens is 4. The van der Waals surface area contributed by atoms with Crippen molar-refractivity contribution in [2.75, 3.05) is 39.3 Å². The number of piperidine rings is 2. The molecule has 32 heavy (non-hydrogen) atoms. The Bertz CT molecular complexity index is 987. The summed E-state index contributed by atoms with van der Waals surface area (Å²) >= 11 is 0. The molecular formula is C23H30N6O3. The highest BCUT2D eigenvalue weighted by molar-refractivity contribution is 5.90. The van der Waals surface area contributed by atoms with E-state index in [0.717, 1.165) is 74.4 Å². The predicted octanol–water partition coefficient (Wildman–Crippen LogP) is 1.70. The Hall–Kier alpha value is -2.78. The summed E-state index contributed by atoms with van der Waals surface area (Å²) in [5, 5.41) is 22.1. The summed E-state index contributed by atoms with van der Waals surface area (Å²) < 4.78 is 6.78. The maximum absolute atomic E-state index is 11.7. The van der Waals surface area contributed by atoms with Gasteiger partial charge in [-0.05, 0) is 79.2 Å². The number of tetrazole rings is 1. The summed E-state index contributed by atoms with van der Waals surface area (Å²) in [5.74, 6) is -0.171. The van der Waals surface area contributed by atoms with Gasteiger partial charge >= 0.3 is 5.97 Å². The van der Waals surface area contributed by atoms with Gasteiger partial charge in [0.25, 0.3) is 0 Å². The van der Waals surface area contributed by atoms with Gasteiger partial charge in [0, 0.05) is 19.6 Å². The number of ether oxygens (including phenoxy) is 1. The zero-order chi connectivity index (χ0) is 22.1. The average Bonchev–Trinajstić information content (AvgIpc) is 3.47. The molecule has 4 heterocycles. The first kappa shape index (κ1) is 21.1. The molecule has 0 aliphatic carbocycles. The van der Waals surface area contributed by atoms with Crippen molar-refractivity contribution < 1.29 is 14.6 Å². The van der Waals surface area contributed by atoms with E-state index in [1.54, 1.807) is 11.0 Å². The molecule has 0 saturated carbocycles. The number of benzene rings is 1. The zero-order valence-corrected chi connectivity index (χ0v) is 18.5. The number of carbonyl (C=O) groups excluding carboxylic acids is 1. The number of aliphatic hydroxyl groups excluding tert-OH is 1. The summed E-state index contributed by atoms with van der Waals surface area (Å²) in [7, 11) is 0. The van der Waals surface area contributed by atoms with Crippen LogP contribution < -0.4 is 0 Å². The van der Waals surface area contributed by atoms with Crippen molar-refractivity contribution in [2.45, 2.75) is 38.7 Å². The van der Waals surface area contributed by atoms with Gasteiger partial charge in [0.05, 0.1) is 23.1 Å². The number of rotatable bonds is 5. The molecule has 170 valence electrons. The summed E-state index contributed by atoms with van der Waals surface area (Å²) in [6, 6.07) is 7.74. The average molecular weight is 439 g/mol. The van der Waals surface area contributed by atoms with E-state index in [-0.39, 0.29) is 5.97 Å². The maximum atomic E-state index is 11.7. The molecule has 0 radical (unpaired) electrons. The van der Waals surface area contributed by atoms with Gasteiger partial charge in [0.1, 0.15) is 12.9 Å². The number of hydrogen-bond donors (Lipinski definition) is 1. The fourth-order valence-electron chi connectivity index (χ4n) is 5.26. The largest absolute Gasteiger partial charge is 0.456 e. The van der Waals surface area contributed by atoms with Crippen molar-refractivity contribution in [1.82, 2.24) is 30.0 Å². The fourth-order valence-corrected chi connectivity index (χ4v) is 5.26. The number of cyclic esters (lactones) is 1. The minimum absolute atomic E-state index is 0.171. The molecule has 3 aliphatic heterocycles. The van der Waals surface area contributed by atoms with Crippen molar-refractivity contribution in [3.63, 3.8) is 0 Å². The Kier molecular flexibility index (Phi) is 5.69. The molecule has 5 rings (SSSR count). The van der Waals surface area contributed by atoms with Crippen molar-refractivity contribution in [2.24, 2.45) is 5.41 Å². The summed E-state index contributed by atoms with van der Waals surface area (Å²) in [6.45, 7) is 6.94. The van der Waals surface area contributed by atoms with Gasteiger partial charge in [0.15, 0.2) is 0 Å². The Balaban J connectivity index is 1.14. The minimum atomic E-state index is -0.544.